The molecule has 3 aliphatic heterocycles. The molecule has 11 heteroatoms. The molecule has 1 fully saturated rings. The largest absolute Gasteiger partial charge is 0.417 e. The van der Waals surface area contributed by atoms with E-state index in [-0.39, 0.29) is 22.8 Å². The highest BCUT2D eigenvalue weighted by Gasteiger charge is 2.35. The summed E-state index contributed by atoms with van der Waals surface area (Å²) in [6.07, 6.45) is -1.95. The Balaban J connectivity index is 1.52. The van der Waals surface area contributed by atoms with Gasteiger partial charge in [0.05, 0.1) is 31.1 Å². The smallest absolute Gasteiger partial charge is 0.378 e. The Morgan fingerprint density at radius 2 is 1.79 bits per heavy atom. The van der Waals surface area contributed by atoms with E-state index in [4.69, 9.17) is 9.47 Å². The topological polar surface area (TPSA) is 88.6 Å². The standard InChI is InChI=1S/C27H28F3N5O3/c28-27(29,30)22-16-18-3-5-21(22)23-7-9-32-26(34-23)33-20-4-6-24(35-10-13-37-14-11-35)19(15-20)17-38-12-2-1-8-31-25(18)36/h3-7,9,15-16H,1-2,8,10-14,17H2,(H,31,36)(H,32,33,34). The van der Waals surface area contributed by atoms with Crippen LogP contribution in [0.1, 0.15) is 34.3 Å². The molecule has 1 aromatic heterocycles. The third-order valence-electron chi connectivity index (χ3n) is 6.46. The van der Waals surface area contributed by atoms with Gasteiger partial charge in [0, 0.05) is 60.5 Å². The van der Waals surface area contributed by atoms with Crippen molar-refractivity contribution < 1.29 is 27.4 Å². The number of alkyl halides is 3. The van der Waals surface area contributed by atoms with Gasteiger partial charge in [-0.2, -0.15) is 13.2 Å². The van der Waals surface area contributed by atoms with Crippen LogP contribution in [-0.4, -0.2) is 55.3 Å². The first-order chi connectivity index (χ1) is 18.4. The third-order valence-corrected chi connectivity index (χ3v) is 6.46. The predicted octanol–water partition coefficient (Wildman–Crippen LogP) is 4.78. The van der Waals surface area contributed by atoms with Gasteiger partial charge in [0.2, 0.25) is 5.95 Å². The zero-order valence-electron chi connectivity index (χ0n) is 20.7. The fraction of sp³-hybridized carbons (Fsp3) is 0.370. The van der Waals surface area contributed by atoms with Crippen LogP contribution < -0.4 is 15.5 Å². The Labute approximate surface area is 218 Å². The van der Waals surface area contributed by atoms with E-state index in [1.165, 1.54) is 24.4 Å². The molecule has 2 N–H and O–H groups in total. The maximum Gasteiger partial charge on any atom is 0.417 e. The number of nitrogens with zero attached hydrogens (tertiary/aromatic N) is 3. The highest BCUT2D eigenvalue weighted by atomic mass is 19.4. The summed E-state index contributed by atoms with van der Waals surface area (Å²) in [6, 6.07) is 10.8. The van der Waals surface area contributed by atoms with E-state index >= 15 is 0 Å². The number of hydrogen-bond donors (Lipinski definition) is 2. The van der Waals surface area contributed by atoms with Crippen molar-refractivity contribution in [3.05, 3.63) is 65.4 Å². The van der Waals surface area contributed by atoms with Gasteiger partial charge in [-0.3, -0.25) is 4.79 Å². The van der Waals surface area contributed by atoms with Gasteiger partial charge in [0.1, 0.15) is 0 Å². The number of halogens is 3. The number of hydrogen-bond acceptors (Lipinski definition) is 7. The zero-order valence-corrected chi connectivity index (χ0v) is 20.7. The summed E-state index contributed by atoms with van der Waals surface area (Å²) in [5.74, 6) is -0.404. The molecule has 3 aliphatic rings. The molecular formula is C27H28F3N5O3. The number of ether oxygens (including phenoxy) is 2. The van der Waals surface area contributed by atoms with Gasteiger partial charge in [0.15, 0.2) is 0 Å². The van der Waals surface area contributed by atoms with Crippen LogP contribution in [0.25, 0.3) is 11.3 Å². The van der Waals surface area contributed by atoms with Crippen molar-refractivity contribution in [1.82, 2.24) is 15.3 Å². The SMILES string of the molecule is O=C1NCCCCOCc2cc(ccc2N2CCOCC2)Nc2nccc(n2)-c2ccc1cc2C(F)(F)F. The summed E-state index contributed by atoms with van der Waals surface area (Å²) >= 11 is 0. The van der Waals surface area contributed by atoms with Crippen molar-refractivity contribution in [3.8, 4) is 11.3 Å². The average molecular weight is 528 g/mol. The van der Waals surface area contributed by atoms with Crippen LogP contribution in [0.2, 0.25) is 0 Å². The first kappa shape index (κ1) is 25.9. The molecule has 1 amide bonds. The van der Waals surface area contributed by atoms with Gasteiger partial charge < -0.3 is 25.0 Å². The van der Waals surface area contributed by atoms with E-state index in [1.54, 1.807) is 0 Å². The lowest BCUT2D eigenvalue weighted by molar-refractivity contribution is -0.137. The number of carbonyl (C=O) groups is 1. The summed E-state index contributed by atoms with van der Waals surface area (Å²) in [5.41, 5.74) is 1.67. The Kier molecular flexibility index (Phi) is 7.75. The minimum atomic E-state index is -4.68. The molecule has 6 bridgehead atoms. The minimum absolute atomic E-state index is 0.0608. The Bertz CT molecular complexity index is 1300. The van der Waals surface area contributed by atoms with E-state index in [2.05, 4.69) is 25.5 Å². The van der Waals surface area contributed by atoms with Crippen molar-refractivity contribution >= 4 is 23.2 Å². The van der Waals surface area contributed by atoms with E-state index < -0.39 is 17.6 Å². The lowest BCUT2D eigenvalue weighted by atomic mass is 10.00. The van der Waals surface area contributed by atoms with Crippen LogP contribution in [0.5, 0.6) is 0 Å². The molecule has 8 nitrogen and oxygen atoms in total. The Morgan fingerprint density at radius 1 is 0.947 bits per heavy atom. The number of benzene rings is 2. The number of amides is 1. The van der Waals surface area contributed by atoms with Crippen LogP contribution in [0.4, 0.5) is 30.5 Å². The van der Waals surface area contributed by atoms with Crippen molar-refractivity contribution in [2.75, 3.05) is 49.7 Å². The van der Waals surface area contributed by atoms with E-state index in [9.17, 15) is 18.0 Å². The van der Waals surface area contributed by atoms with Crippen molar-refractivity contribution in [2.24, 2.45) is 0 Å². The number of carbonyl (C=O) groups excluding carboxylic acids is 1. The molecular weight excluding hydrogens is 499 g/mol. The fourth-order valence-corrected chi connectivity index (χ4v) is 4.55. The number of nitrogens with one attached hydrogen (secondary N) is 2. The monoisotopic (exact) mass is 527 g/mol. The molecule has 0 radical (unpaired) electrons. The van der Waals surface area contributed by atoms with E-state index in [0.717, 1.165) is 30.4 Å². The number of fused-ring (bicyclic) bond motifs is 9. The van der Waals surface area contributed by atoms with Gasteiger partial charge in [-0.1, -0.05) is 6.07 Å². The van der Waals surface area contributed by atoms with Crippen LogP contribution in [0.3, 0.4) is 0 Å². The number of anilines is 3. The molecule has 2 aromatic carbocycles. The number of aromatic nitrogens is 2. The first-order valence-corrected chi connectivity index (χ1v) is 12.5. The molecule has 0 spiro atoms. The van der Waals surface area contributed by atoms with Crippen molar-refractivity contribution in [3.63, 3.8) is 0 Å². The Morgan fingerprint density at radius 3 is 2.61 bits per heavy atom. The molecule has 0 saturated carbocycles. The molecule has 0 aliphatic carbocycles. The van der Waals surface area contributed by atoms with Gasteiger partial charge in [-0.05, 0) is 49.2 Å². The number of rotatable bonds is 1. The second-order valence-corrected chi connectivity index (χ2v) is 9.11. The highest BCUT2D eigenvalue weighted by Crippen LogP contribution is 2.37. The summed E-state index contributed by atoms with van der Waals surface area (Å²) in [5, 5.41) is 5.82. The lowest BCUT2D eigenvalue weighted by Crippen LogP contribution is -2.36. The lowest BCUT2D eigenvalue weighted by Gasteiger charge is -2.31. The predicted molar refractivity (Wildman–Crippen MR) is 136 cm³/mol. The quantitative estimate of drug-likeness (QED) is 0.471. The first-order valence-electron chi connectivity index (χ1n) is 12.5. The van der Waals surface area contributed by atoms with Gasteiger partial charge in [-0.15, -0.1) is 0 Å². The third kappa shape index (κ3) is 6.05. The van der Waals surface area contributed by atoms with Gasteiger partial charge >= 0.3 is 6.18 Å². The van der Waals surface area contributed by atoms with Crippen LogP contribution >= 0.6 is 0 Å². The van der Waals surface area contributed by atoms with E-state index in [0.29, 0.717) is 51.5 Å². The van der Waals surface area contributed by atoms with Crippen molar-refractivity contribution in [2.45, 2.75) is 25.6 Å². The molecule has 200 valence electrons. The number of morpholine rings is 1. The second kappa shape index (κ2) is 11.4. The van der Waals surface area contributed by atoms with Gasteiger partial charge in [0.25, 0.3) is 5.91 Å². The molecule has 0 atom stereocenters. The highest BCUT2D eigenvalue weighted by molar-refractivity contribution is 5.95. The normalized spacial score (nSPS) is 17.1. The summed E-state index contributed by atoms with van der Waals surface area (Å²) in [7, 11) is 0. The van der Waals surface area contributed by atoms with Crippen molar-refractivity contribution in [1.29, 1.82) is 0 Å². The summed E-state index contributed by atoms with van der Waals surface area (Å²) < 4.78 is 53.5. The minimum Gasteiger partial charge on any atom is -0.378 e. The molecule has 4 heterocycles. The van der Waals surface area contributed by atoms with Crippen LogP contribution in [0.15, 0.2) is 48.7 Å². The zero-order chi connectivity index (χ0) is 26.5. The second-order valence-electron chi connectivity index (χ2n) is 9.11. The molecule has 38 heavy (non-hydrogen) atoms. The fourth-order valence-electron chi connectivity index (χ4n) is 4.55. The average Bonchev–Trinajstić information content (AvgIpc) is 2.92. The molecule has 0 unspecified atom stereocenters. The molecule has 6 rings (SSSR count). The maximum atomic E-state index is 14.0. The maximum absolute atomic E-state index is 14.0. The molecule has 1 saturated heterocycles. The van der Waals surface area contributed by atoms with Gasteiger partial charge in [-0.25, -0.2) is 9.97 Å². The summed E-state index contributed by atoms with van der Waals surface area (Å²) in [4.78, 5) is 23.4. The summed E-state index contributed by atoms with van der Waals surface area (Å²) in [6.45, 7) is 4.03. The van der Waals surface area contributed by atoms with Crippen LogP contribution in [-0.2, 0) is 22.3 Å². The Hall–Kier alpha value is -3.70. The molecule has 3 aromatic rings. The van der Waals surface area contributed by atoms with Crippen LogP contribution in [0, 0.1) is 0 Å². The van der Waals surface area contributed by atoms with E-state index in [1.807, 2.05) is 18.2 Å².